The molecule has 1 heterocycles. The minimum absolute atomic E-state index is 0.221. The number of hydrogen-bond donors (Lipinski definition) is 1. The molecule has 4 aliphatic rings. The molecule has 2 bridgehead atoms. The van der Waals surface area contributed by atoms with Crippen LogP contribution in [0.5, 0.6) is 0 Å². The predicted molar refractivity (Wildman–Crippen MR) is 162 cm³/mol. The van der Waals surface area contributed by atoms with Crippen LogP contribution >= 0.6 is 0 Å². The summed E-state index contributed by atoms with van der Waals surface area (Å²) in [5, 5.41) is 12.4. The molecular formula is C35H44O10. The van der Waals surface area contributed by atoms with E-state index in [0.29, 0.717) is 30.4 Å². The first-order valence-electron chi connectivity index (χ1n) is 15.6. The molecular weight excluding hydrogens is 580 g/mol. The molecule has 3 aliphatic carbocycles. The van der Waals surface area contributed by atoms with Crippen molar-refractivity contribution >= 4 is 30.0 Å². The largest absolute Gasteiger partial charge is 0.462 e. The maximum atomic E-state index is 13.1. The molecule has 2 saturated carbocycles. The van der Waals surface area contributed by atoms with Crippen molar-refractivity contribution in [2.45, 2.75) is 104 Å². The third-order valence-corrected chi connectivity index (χ3v) is 10.5. The summed E-state index contributed by atoms with van der Waals surface area (Å²) in [6.45, 7) is 11.9. The number of rotatable bonds is 6. The van der Waals surface area contributed by atoms with Gasteiger partial charge >= 0.3 is 23.9 Å². The highest BCUT2D eigenvalue weighted by Crippen LogP contribution is 2.65. The van der Waals surface area contributed by atoms with Crippen LogP contribution in [0.1, 0.15) is 73.3 Å². The Morgan fingerprint density at radius 2 is 1.56 bits per heavy atom. The van der Waals surface area contributed by atoms with Crippen LogP contribution in [0.25, 0.3) is 6.08 Å². The second-order valence-corrected chi connectivity index (χ2v) is 13.7. The zero-order chi connectivity index (χ0) is 32.9. The number of carbonyl (C=O) groups is 4. The molecule has 244 valence electrons. The first kappa shape index (κ1) is 32.9. The van der Waals surface area contributed by atoms with E-state index >= 15 is 0 Å². The smallest absolute Gasteiger partial charge is 0.331 e. The van der Waals surface area contributed by atoms with Gasteiger partial charge in [0, 0.05) is 44.1 Å². The van der Waals surface area contributed by atoms with Gasteiger partial charge in [-0.15, -0.1) is 0 Å². The van der Waals surface area contributed by atoms with Crippen molar-refractivity contribution in [3.63, 3.8) is 0 Å². The summed E-state index contributed by atoms with van der Waals surface area (Å²) in [6.07, 6.45) is -0.391. The number of benzene rings is 1. The Labute approximate surface area is 264 Å². The standard InChI is InChI=1S/C35H44O10/c1-19-25(42-20(2)36)17-24-29(43-21(3)37)31-34(7,32(40)30(44-22(4)38)28(19)33(24,5)6)16-15-26(35(31)18-41-35)45-27(39)14-13-23-11-9-8-10-12-23/h8-14,24-26,29-32,40H,15-18H2,1-7H3. The molecule has 45 heavy (non-hydrogen) atoms. The van der Waals surface area contributed by atoms with Crippen LogP contribution in [-0.2, 0) is 42.9 Å². The lowest BCUT2D eigenvalue weighted by Crippen LogP contribution is -2.68. The molecule has 1 aliphatic heterocycles. The lowest BCUT2D eigenvalue weighted by Gasteiger charge is -2.60. The highest BCUT2D eigenvalue weighted by molar-refractivity contribution is 5.87. The Morgan fingerprint density at radius 1 is 0.933 bits per heavy atom. The summed E-state index contributed by atoms with van der Waals surface area (Å²) in [6, 6.07) is 9.39. The third-order valence-electron chi connectivity index (χ3n) is 10.5. The van der Waals surface area contributed by atoms with Gasteiger partial charge in [-0.05, 0) is 54.4 Å². The molecule has 1 saturated heterocycles. The molecule has 1 aromatic rings. The summed E-state index contributed by atoms with van der Waals surface area (Å²) in [7, 11) is 0. The summed E-state index contributed by atoms with van der Waals surface area (Å²) >= 11 is 0. The molecule has 5 rings (SSSR count). The van der Waals surface area contributed by atoms with E-state index in [-0.39, 0.29) is 6.61 Å². The molecule has 0 aromatic heterocycles. The van der Waals surface area contributed by atoms with Crippen LogP contribution in [0.3, 0.4) is 0 Å². The lowest BCUT2D eigenvalue weighted by molar-refractivity contribution is -0.222. The fraction of sp³-hybridized carbons (Fsp3) is 0.600. The van der Waals surface area contributed by atoms with E-state index in [4.69, 9.17) is 23.7 Å². The van der Waals surface area contributed by atoms with Crippen LogP contribution in [0.2, 0.25) is 0 Å². The number of ether oxygens (including phenoxy) is 5. The van der Waals surface area contributed by atoms with Crippen molar-refractivity contribution in [3.05, 3.63) is 53.1 Å². The van der Waals surface area contributed by atoms with E-state index in [1.165, 1.54) is 26.8 Å². The maximum absolute atomic E-state index is 13.1. The number of epoxide rings is 1. The van der Waals surface area contributed by atoms with Gasteiger partial charge in [0.05, 0.1) is 6.61 Å². The zero-order valence-corrected chi connectivity index (χ0v) is 27.0. The number of aliphatic hydroxyl groups excluding tert-OH is 1. The number of carbonyl (C=O) groups excluding carboxylic acids is 4. The van der Waals surface area contributed by atoms with Gasteiger partial charge in [0.1, 0.15) is 30.0 Å². The maximum Gasteiger partial charge on any atom is 0.331 e. The van der Waals surface area contributed by atoms with Gasteiger partial charge in [-0.1, -0.05) is 51.1 Å². The average Bonchev–Trinajstić information content (AvgIpc) is 3.74. The Morgan fingerprint density at radius 3 is 2.13 bits per heavy atom. The lowest BCUT2D eigenvalue weighted by atomic mass is 9.48. The number of hydrogen-bond acceptors (Lipinski definition) is 10. The molecule has 10 heteroatoms. The van der Waals surface area contributed by atoms with Gasteiger partial charge in [0.15, 0.2) is 6.10 Å². The quantitative estimate of drug-likeness (QED) is 0.160. The van der Waals surface area contributed by atoms with Crippen molar-refractivity contribution in [2.24, 2.45) is 22.7 Å². The van der Waals surface area contributed by atoms with E-state index in [1.54, 1.807) is 6.08 Å². The fourth-order valence-electron chi connectivity index (χ4n) is 8.54. The normalized spacial score (nSPS) is 36.8. The van der Waals surface area contributed by atoms with Crippen LogP contribution in [-0.4, -0.2) is 71.7 Å². The molecule has 3 fully saturated rings. The van der Waals surface area contributed by atoms with Gasteiger partial charge in [-0.2, -0.15) is 0 Å². The fourth-order valence-corrected chi connectivity index (χ4v) is 8.54. The Balaban J connectivity index is 1.62. The van der Waals surface area contributed by atoms with E-state index in [1.807, 2.05) is 58.0 Å². The highest BCUT2D eigenvalue weighted by atomic mass is 16.6. The molecule has 9 atom stereocenters. The van der Waals surface area contributed by atoms with Crippen LogP contribution in [0, 0.1) is 22.7 Å². The summed E-state index contributed by atoms with van der Waals surface area (Å²) < 4.78 is 30.2. The van der Waals surface area contributed by atoms with E-state index in [0.717, 1.165) is 5.56 Å². The minimum atomic E-state index is -1.25. The summed E-state index contributed by atoms with van der Waals surface area (Å²) in [5.41, 5.74) is -0.638. The first-order chi connectivity index (χ1) is 21.1. The molecule has 0 radical (unpaired) electrons. The van der Waals surface area contributed by atoms with Gasteiger partial charge in [-0.25, -0.2) is 4.79 Å². The average molecular weight is 625 g/mol. The van der Waals surface area contributed by atoms with Gasteiger partial charge in [-0.3, -0.25) is 14.4 Å². The second kappa shape index (κ2) is 12.0. The minimum Gasteiger partial charge on any atom is -0.462 e. The third kappa shape index (κ3) is 5.94. The SMILES string of the molecule is CC(=O)OC1CC2C(OC(C)=O)C3C(C)(CCC(OC(=O)C=Cc4ccccc4)C34CO4)C(O)C(OC(C)=O)C(=C1C)C2(C)C. The molecule has 0 amide bonds. The molecule has 10 nitrogen and oxygen atoms in total. The van der Waals surface area contributed by atoms with Crippen LogP contribution in [0.15, 0.2) is 47.6 Å². The summed E-state index contributed by atoms with van der Waals surface area (Å²) in [5.74, 6) is -3.19. The number of esters is 4. The molecule has 1 aromatic carbocycles. The number of aliphatic hydroxyl groups is 1. The topological polar surface area (TPSA) is 138 Å². The van der Waals surface area contributed by atoms with Crippen molar-refractivity contribution in [1.82, 2.24) is 0 Å². The van der Waals surface area contributed by atoms with Crippen LogP contribution in [0.4, 0.5) is 0 Å². The van der Waals surface area contributed by atoms with Gasteiger partial charge in [0.2, 0.25) is 0 Å². The Hall–Kier alpha value is -3.50. The van der Waals surface area contributed by atoms with E-state index in [2.05, 4.69) is 0 Å². The van der Waals surface area contributed by atoms with Gasteiger partial charge < -0.3 is 28.8 Å². The molecule has 1 N–H and O–H groups in total. The number of fused-ring (bicyclic) bond motifs is 4. The predicted octanol–water partition coefficient (Wildman–Crippen LogP) is 4.33. The van der Waals surface area contributed by atoms with Crippen LogP contribution < -0.4 is 0 Å². The molecule has 9 unspecified atom stereocenters. The Kier molecular flexibility index (Phi) is 8.78. The molecule has 1 spiro atoms. The zero-order valence-electron chi connectivity index (χ0n) is 27.0. The highest BCUT2D eigenvalue weighted by Gasteiger charge is 2.74. The van der Waals surface area contributed by atoms with Crippen molar-refractivity contribution in [1.29, 1.82) is 0 Å². The summed E-state index contributed by atoms with van der Waals surface area (Å²) in [4.78, 5) is 50.7. The van der Waals surface area contributed by atoms with Crippen molar-refractivity contribution < 1.29 is 48.0 Å². The van der Waals surface area contributed by atoms with E-state index in [9.17, 15) is 24.3 Å². The van der Waals surface area contributed by atoms with Crippen molar-refractivity contribution in [2.75, 3.05) is 6.61 Å². The van der Waals surface area contributed by atoms with E-state index < -0.39 is 82.7 Å². The van der Waals surface area contributed by atoms with Crippen molar-refractivity contribution in [3.8, 4) is 0 Å². The van der Waals surface area contributed by atoms with Gasteiger partial charge in [0.25, 0.3) is 0 Å². The second-order valence-electron chi connectivity index (χ2n) is 13.7. The monoisotopic (exact) mass is 624 g/mol. The Bertz CT molecular complexity index is 1410. The first-order valence-corrected chi connectivity index (χ1v) is 15.6.